The van der Waals surface area contributed by atoms with E-state index in [0.29, 0.717) is 31.6 Å². The molecule has 1 aliphatic rings. The van der Waals surface area contributed by atoms with Crippen molar-refractivity contribution in [3.8, 4) is 6.07 Å². The van der Waals surface area contributed by atoms with Gasteiger partial charge in [0.1, 0.15) is 4.90 Å². The van der Waals surface area contributed by atoms with E-state index in [0.717, 1.165) is 0 Å². The fraction of sp³-hybridized carbons (Fsp3) is 0.462. The zero-order valence-electron chi connectivity index (χ0n) is 11.0. The van der Waals surface area contributed by atoms with E-state index >= 15 is 0 Å². The van der Waals surface area contributed by atoms with Gasteiger partial charge in [-0.2, -0.15) is 9.57 Å². The molecule has 0 aliphatic carbocycles. The maximum absolute atomic E-state index is 12.6. The minimum absolute atomic E-state index is 0.0344. The quantitative estimate of drug-likeness (QED) is 0.855. The number of hydrogen-bond acceptors (Lipinski definition) is 4. The average molecular weight is 315 g/mol. The monoisotopic (exact) mass is 314 g/mol. The van der Waals surface area contributed by atoms with Crippen LogP contribution in [0.3, 0.4) is 0 Å². The largest absolute Gasteiger partial charge is 0.381 e. The highest BCUT2D eigenvalue weighted by atomic mass is 35.5. The SMILES string of the molecule is CN(C1CCOCC1)S(=O)(=O)c1ccc(C#N)cc1Cl. The first-order chi connectivity index (χ1) is 9.46. The lowest BCUT2D eigenvalue weighted by molar-refractivity contribution is 0.0632. The fourth-order valence-electron chi connectivity index (χ4n) is 2.18. The summed E-state index contributed by atoms with van der Waals surface area (Å²) in [6.07, 6.45) is 1.34. The van der Waals surface area contributed by atoms with Crippen molar-refractivity contribution in [2.75, 3.05) is 20.3 Å². The molecule has 0 atom stereocenters. The highest BCUT2D eigenvalue weighted by Crippen LogP contribution is 2.28. The topological polar surface area (TPSA) is 70.4 Å². The third-order valence-corrected chi connectivity index (χ3v) is 5.82. The van der Waals surface area contributed by atoms with Gasteiger partial charge in [-0.25, -0.2) is 8.42 Å². The Labute approximate surface area is 123 Å². The number of ether oxygens (including phenoxy) is 1. The van der Waals surface area contributed by atoms with Crippen molar-refractivity contribution in [2.45, 2.75) is 23.8 Å². The second-order valence-electron chi connectivity index (χ2n) is 4.62. The van der Waals surface area contributed by atoms with E-state index in [9.17, 15) is 8.42 Å². The van der Waals surface area contributed by atoms with Crippen LogP contribution in [0.15, 0.2) is 23.1 Å². The predicted octanol–water partition coefficient (Wildman–Crippen LogP) is 2.01. The summed E-state index contributed by atoms with van der Waals surface area (Å²) in [6, 6.07) is 6.05. The Bertz CT molecular complexity index is 634. The van der Waals surface area contributed by atoms with Crippen LogP contribution in [0.5, 0.6) is 0 Å². The van der Waals surface area contributed by atoms with Crippen molar-refractivity contribution in [2.24, 2.45) is 0 Å². The molecule has 20 heavy (non-hydrogen) atoms. The molecule has 1 aromatic rings. The molecule has 0 unspecified atom stereocenters. The molecule has 0 radical (unpaired) electrons. The van der Waals surface area contributed by atoms with Gasteiger partial charge in [0.2, 0.25) is 10.0 Å². The van der Waals surface area contributed by atoms with Gasteiger partial charge in [-0.15, -0.1) is 0 Å². The predicted molar refractivity (Wildman–Crippen MR) is 75.0 cm³/mol. The summed E-state index contributed by atoms with van der Waals surface area (Å²) >= 11 is 5.99. The third-order valence-electron chi connectivity index (χ3n) is 3.42. The Morgan fingerprint density at radius 3 is 2.60 bits per heavy atom. The van der Waals surface area contributed by atoms with Crippen LogP contribution in [0, 0.1) is 11.3 Å². The summed E-state index contributed by atoms with van der Waals surface area (Å²) < 4.78 is 31.7. The molecule has 108 valence electrons. The van der Waals surface area contributed by atoms with Crippen LogP contribution in [0.25, 0.3) is 0 Å². The number of halogens is 1. The summed E-state index contributed by atoms with van der Waals surface area (Å²) in [5.41, 5.74) is 0.336. The molecule has 5 nitrogen and oxygen atoms in total. The van der Waals surface area contributed by atoms with Crippen molar-refractivity contribution in [3.63, 3.8) is 0 Å². The lowest BCUT2D eigenvalue weighted by Gasteiger charge is -2.30. The Morgan fingerprint density at radius 1 is 1.40 bits per heavy atom. The Kier molecular flexibility index (Phi) is 4.66. The molecular weight excluding hydrogens is 300 g/mol. The Hall–Kier alpha value is -1.13. The molecule has 0 bridgehead atoms. The molecular formula is C13H15ClN2O3S. The molecule has 1 fully saturated rings. The van der Waals surface area contributed by atoms with Crippen LogP contribution in [0.1, 0.15) is 18.4 Å². The summed E-state index contributed by atoms with van der Waals surface area (Å²) in [6.45, 7) is 1.12. The molecule has 1 saturated heterocycles. The second kappa shape index (κ2) is 6.10. The highest BCUT2D eigenvalue weighted by molar-refractivity contribution is 7.89. The van der Waals surface area contributed by atoms with Gasteiger partial charge in [0.05, 0.1) is 16.7 Å². The lowest BCUT2D eigenvalue weighted by atomic mass is 10.1. The van der Waals surface area contributed by atoms with Crippen LogP contribution < -0.4 is 0 Å². The van der Waals surface area contributed by atoms with Crippen molar-refractivity contribution >= 4 is 21.6 Å². The normalized spacial score (nSPS) is 17.1. The van der Waals surface area contributed by atoms with E-state index in [1.54, 1.807) is 7.05 Å². The zero-order valence-corrected chi connectivity index (χ0v) is 12.6. The summed E-state index contributed by atoms with van der Waals surface area (Å²) in [7, 11) is -2.10. The number of rotatable bonds is 3. The van der Waals surface area contributed by atoms with E-state index in [1.165, 1.54) is 22.5 Å². The van der Waals surface area contributed by atoms with Crippen molar-refractivity contribution in [1.82, 2.24) is 4.31 Å². The maximum atomic E-state index is 12.6. The zero-order chi connectivity index (χ0) is 14.8. The number of hydrogen-bond donors (Lipinski definition) is 0. The van der Waals surface area contributed by atoms with Gasteiger partial charge >= 0.3 is 0 Å². The molecule has 0 N–H and O–H groups in total. The third kappa shape index (κ3) is 2.96. The Balaban J connectivity index is 2.32. The van der Waals surface area contributed by atoms with Crippen LogP contribution in [-0.2, 0) is 14.8 Å². The van der Waals surface area contributed by atoms with Gasteiger partial charge in [0, 0.05) is 26.3 Å². The standard InChI is InChI=1S/C13H15ClN2O3S/c1-16(11-4-6-19-7-5-11)20(17,18)13-3-2-10(9-15)8-12(13)14/h2-3,8,11H,4-7H2,1H3. The molecule has 2 rings (SSSR count). The minimum Gasteiger partial charge on any atom is -0.381 e. The highest BCUT2D eigenvalue weighted by Gasteiger charge is 2.30. The molecule has 0 saturated carbocycles. The van der Waals surface area contributed by atoms with Gasteiger partial charge < -0.3 is 4.74 Å². The smallest absolute Gasteiger partial charge is 0.244 e. The van der Waals surface area contributed by atoms with Crippen LogP contribution in [0.2, 0.25) is 5.02 Å². The first-order valence-corrected chi connectivity index (χ1v) is 8.04. The number of nitrogens with zero attached hydrogens (tertiary/aromatic N) is 2. The van der Waals surface area contributed by atoms with Crippen LogP contribution >= 0.6 is 11.6 Å². The van der Waals surface area contributed by atoms with Crippen molar-refractivity contribution in [3.05, 3.63) is 28.8 Å². The van der Waals surface area contributed by atoms with E-state index < -0.39 is 10.0 Å². The van der Waals surface area contributed by atoms with Gasteiger partial charge in [0.15, 0.2) is 0 Å². The van der Waals surface area contributed by atoms with Gasteiger partial charge in [-0.05, 0) is 31.0 Å². The van der Waals surface area contributed by atoms with Crippen molar-refractivity contribution in [1.29, 1.82) is 5.26 Å². The molecule has 1 aromatic carbocycles. The summed E-state index contributed by atoms with van der Waals surface area (Å²) in [5.74, 6) is 0. The molecule has 0 aromatic heterocycles. The molecule has 1 aliphatic heterocycles. The first kappa shape index (κ1) is 15.3. The second-order valence-corrected chi connectivity index (χ2v) is 6.99. The number of nitriles is 1. The van der Waals surface area contributed by atoms with Crippen LogP contribution in [-0.4, -0.2) is 39.0 Å². The average Bonchev–Trinajstić information content (AvgIpc) is 2.46. The molecule has 7 heteroatoms. The summed E-state index contributed by atoms with van der Waals surface area (Å²) in [4.78, 5) is 0.0344. The van der Waals surface area contributed by atoms with E-state index in [1.807, 2.05) is 6.07 Å². The molecule has 1 heterocycles. The number of sulfonamides is 1. The van der Waals surface area contributed by atoms with E-state index in [-0.39, 0.29) is 16.0 Å². The fourth-order valence-corrected chi connectivity index (χ4v) is 4.11. The number of benzene rings is 1. The van der Waals surface area contributed by atoms with Gasteiger partial charge in [-0.1, -0.05) is 11.6 Å². The van der Waals surface area contributed by atoms with Crippen LogP contribution in [0.4, 0.5) is 0 Å². The summed E-state index contributed by atoms with van der Waals surface area (Å²) in [5, 5.41) is 8.86. The van der Waals surface area contributed by atoms with Gasteiger partial charge in [-0.3, -0.25) is 0 Å². The lowest BCUT2D eigenvalue weighted by Crippen LogP contribution is -2.40. The maximum Gasteiger partial charge on any atom is 0.244 e. The molecule has 0 spiro atoms. The van der Waals surface area contributed by atoms with E-state index in [4.69, 9.17) is 21.6 Å². The Morgan fingerprint density at radius 2 is 2.05 bits per heavy atom. The molecule has 0 amide bonds. The van der Waals surface area contributed by atoms with E-state index in [2.05, 4.69) is 0 Å². The van der Waals surface area contributed by atoms with Gasteiger partial charge in [0.25, 0.3) is 0 Å². The van der Waals surface area contributed by atoms with Crippen molar-refractivity contribution < 1.29 is 13.2 Å². The minimum atomic E-state index is -3.66. The first-order valence-electron chi connectivity index (χ1n) is 6.22.